The van der Waals surface area contributed by atoms with Gasteiger partial charge >= 0.3 is 6.03 Å². The molecule has 1 heterocycles. The summed E-state index contributed by atoms with van der Waals surface area (Å²) in [6.07, 6.45) is 10.9. The number of hydrogen-bond acceptors (Lipinski definition) is 5. The van der Waals surface area contributed by atoms with E-state index in [2.05, 4.69) is 10.3 Å². The van der Waals surface area contributed by atoms with Crippen LogP contribution < -0.4 is 10.1 Å². The Bertz CT molecular complexity index is 1160. The lowest BCUT2D eigenvalue weighted by molar-refractivity contribution is 0.175. The standard InChI is InChI=1S/C29H34ClN3O2S2/c1-20-18-26(36-2)27(28(31-20)37-3)32-29(34)33(23-8-6-4-5-7-9-23)19-21-10-14-24(15-11-21)35-25-16-12-22(30)13-17-25/h10-18,23H,4-9,19H2,1-3H3,(H,32,34). The molecule has 0 atom stereocenters. The predicted molar refractivity (Wildman–Crippen MR) is 157 cm³/mol. The van der Waals surface area contributed by atoms with E-state index in [1.54, 1.807) is 23.5 Å². The van der Waals surface area contributed by atoms with Crippen molar-refractivity contribution in [3.63, 3.8) is 0 Å². The second-order valence-electron chi connectivity index (χ2n) is 9.25. The fraction of sp³-hybridized carbons (Fsp3) is 0.379. The normalized spacial score (nSPS) is 14.2. The molecule has 1 aromatic heterocycles. The number of halogens is 1. The Kier molecular flexibility index (Phi) is 10.1. The maximum Gasteiger partial charge on any atom is 0.322 e. The van der Waals surface area contributed by atoms with Crippen LogP contribution in [0, 0.1) is 6.92 Å². The van der Waals surface area contributed by atoms with Crippen LogP contribution in [0.3, 0.4) is 0 Å². The van der Waals surface area contributed by atoms with Crippen LogP contribution in [-0.4, -0.2) is 34.5 Å². The number of carbonyl (C=O) groups is 1. The maximum absolute atomic E-state index is 13.8. The van der Waals surface area contributed by atoms with Crippen LogP contribution in [0.2, 0.25) is 5.02 Å². The summed E-state index contributed by atoms with van der Waals surface area (Å²) in [5, 5.41) is 4.77. The summed E-state index contributed by atoms with van der Waals surface area (Å²) in [6.45, 7) is 2.53. The zero-order chi connectivity index (χ0) is 26.2. The molecular weight excluding hydrogens is 522 g/mol. The minimum absolute atomic E-state index is 0.0651. The Labute approximate surface area is 233 Å². The van der Waals surface area contributed by atoms with Crippen molar-refractivity contribution in [2.45, 2.75) is 68.0 Å². The zero-order valence-electron chi connectivity index (χ0n) is 21.6. The molecule has 0 unspecified atom stereocenters. The smallest absolute Gasteiger partial charge is 0.322 e. The minimum atomic E-state index is -0.0651. The van der Waals surface area contributed by atoms with Gasteiger partial charge in [-0.2, -0.15) is 0 Å². The average Bonchev–Trinajstić information content (AvgIpc) is 3.19. The first-order valence-corrected chi connectivity index (χ1v) is 15.5. The predicted octanol–water partition coefficient (Wildman–Crippen LogP) is 9.04. The molecule has 196 valence electrons. The largest absolute Gasteiger partial charge is 0.457 e. The van der Waals surface area contributed by atoms with Gasteiger partial charge < -0.3 is 15.0 Å². The first-order valence-electron chi connectivity index (χ1n) is 12.7. The van der Waals surface area contributed by atoms with Crippen LogP contribution in [0.4, 0.5) is 10.5 Å². The van der Waals surface area contributed by atoms with E-state index >= 15 is 0 Å². The van der Waals surface area contributed by atoms with Crippen molar-refractivity contribution in [3.8, 4) is 11.5 Å². The second kappa shape index (κ2) is 13.4. The van der Waals surface area contributed by atoms with E-state index in [0.717, 1.165) is 64.0 Å². The number of carbonyl (C=O) groups excluding carboxylic acids is 1. The van der Waals surface area contributed by atoms with Gasteiger partial charge in [0.2, 0.25) is 0 Å². The molecule has 1 saturated carbocycles. The Morgan fingerprint density at radius 1 is 1.00 bits per heavy atom. The lowest BCUT2D eigenvalue weighted by Gasteiger charge is -2.32. The third kappa shape index (κ3) is 7.59. The molecule has 4 rings (SSSR count). The number of nitrogens with zero attached hydrogens (tertiary/aromatic N) is 2. The van der Waals surface area contributed by atoms with Gasteiger partial charge in [0.25, 0.3) is 0 Å². The van der Waals surface area contributed by atoms with Crippen LogP contribution >= 0.6 is 35.1 Å². The van der Waals surface area contributed by atoms with Gasteiger partial charge in [0.05, 0.1) is 5.69 Å². The molecule has 0 bridgehead atoms. The number of aryl methyl sites for hydroxylation is 1. The van der Waals surface area contributed by atoms with E-state index in [9.17, 15) is 4.79 Å². The molecule has 1 aliphatic carbocycles. The molecule has 1 fully saturated rings. The Morgan fingerprint density at radius 2 is 1.62 bits per heavy atom. The van der Waals surface area contributed by atoms with Gasteiger partial charge in [-0.1, -0.05) is 49.4 Å². The molecule has 0 spiro atoms. The SMILES string of the molecule is CSc1cc(C)nc(SC)c1NC(=O)N(Cc1ccc(Oc2ccc(Cl)cc2)cc1)C1CCCCCC1. The number of pyridine rings is 1. The van der Waals surface area contributed by atoms with Crippen LogP contribution in [0.15, 0.2) is 64.5 Å². The molecule has 3 aromatic rings. The van der Waals surface area contributed by atoms with E-state index < -0.39 is 0 Å². The van der Waals surface area contributed by atoms with Gasteiger partial charge in [-0.15, -0.1) is 23.5 Å². The van der Waals surface area contributed by atoms with Gasteiger partial charge in [0.15, 0.2) is 0 Å². The van der Waals surface area contributed by atoms with Crippen molar-refractivity contribution in [1.82, 2.24) is 9.88 Å². The molecule has 1 aliphatic rings. The van der Waals surface area contributed by atoms with Gasteiger partial charge in [-0.25, -0.2) is 9.78 Å². The Hall–Kier alpha value is -2.35. The van der Waals surface area contributed by atoms with Gasteiger partial charge in [-0.3, -0.25) is 0 Å². The van der Waals surface area contributed by atoms with Crippen molar-refractivity contribution in [2.75, 3.05) is 17.8 Å². The van der Waals surface area contributed by atoms with Crippen LogP contribution in [-0.2, 0) is 6.54 Å². The van der Waals surface area contributed by atoms with Crippen molar-refractivity contribution >= 4 is 46.8 Å². The number of benzene rings is 2. The fourth-order valence-corrected chi connectivity index (χ4v) is 6.08. The summed E-state index contributed by atoms with van der Waals surface area (Å²) in [5.41, 5.74) is 2.83. The van der Waals surface area contributed by atoms with Crippen molar-refractivity contribution in [2.24, 2.45) is 0 Å². The summed E-state index contributed by atoms with van der Waals surface area (Å²) in [5.74, 6) is 1.48. The number of anilines is 1. The summed E-state index contributed by atoms with van der Waals surface area (Å²) < 4.78 is 5.95. The molecule has 5 nitrogen and oxygen atoms in total. The number of ether oxygens (including phenoxy) is 1. The van der Waals surface area contributed by atoms with Crippen molar-refractivity contribution in [3.05, 3.63) is 70.9 Å². The van der Waals surface area contributed by atoms with E-state index in [4.69, 9.17) is 16.3 Å². The number of amides is 2. The van der Waals surface area contributed by atoms with E-state index in [-0.39, 0.29) is 12.1 Å². The third-order valence-electron chi connectivity index (χ3n) is 6.58. The molecule has 37 heavy (non-hydrogen) atoms. The first-order chi connectivity index (χ1) is 18.0. The monoisotopic (exact) mass is 555 g/mol. The van der Waals surface area contributed by atoms with Crippen LogP contribution in [0.5, 0.6) is 11.5 Å². The molecule has 8 heteroatoms. The van der Waals surface area contributed by atoms with Crippen LogP contribution in [0.1, 0.15) is 49.8 Å². The quantitative estimate of drug-likeness (QED) is 0.222. The first kappa shape index (κ1) is 27.7. The molecule has 2 amide bonds. The number of hydrogen-bond donors (Lipinski definition) is 1. The second-order valence-corrected chi connectivity index (χ2v) is 11.3. The molecule has 1 N–H and O–H groups in total. The van der Waals surface area contributed by atoms with E-state index in [0.29, 0.717) is 11.6 Å². The number of thioether (sulfide) groups is 2. The zero-order valence-corrected chi connectivity index (χ0v) is 24.0. The summed E-state index contributed by atoms with van der Waals surface area (Å²) in [6, 6.07) is 17.5. The topological polar surface area (TPSA) is 54.5 Å². The third-order valence-corrected chi connectivity index (χ3v) is 8.27. The average molecular weight is 556 g/mol. The Balaban J connectivity index is 1.54. The molecule has 0 saturated heterocycles. The highest BCUT2D eigenvalue weighted by molar-refractivity contribution is 7.99. The fourth-order valence-electron chi connectivity index (χ4n) is 4.65. The number of aromatic nitrogens is 1. The van der Waals surface area contributed by atoms with Gasteiger partial charge in [-0.05, 0) is 80.3 Å². The number of nitrogens with one attached hydrogen (secondary N) is 1. The molecule has 0 radical (unpaired) electrons. The molecular formula is C29H34ClN3O2S2. The lowest BCUT2D eigenvalue weighted by Crippen LogP contribution is -2.42. The highest BCUT2D eigenvalue weighted by Gasteiger charge is 2.26. The number of rotatable bonds is 8. The number of urea groups is 1. The highest BCUT2D eigenvalue weighted by Crippen LogP contribution is 2.34. The van der Waals surface area contributed by atoms with Crippen molar-refractivity contribution in [1.29, 1.82) is 0 Å². The van der Waals surface area contributed by atoms with Crippen LogP contribution in [0.25, 0.3) is 0 Å². The molecule has 2 aromatic carbocycles. The Morgan fingerprint density at radius 3 is 2.22 bits per heavy atom. The highest BCUT2D eigenvalue weighted by atomic mass is 35.5. The van der Waals surface area contributed by atoms with Gasteiger partial charge in [0, 0.05) is 28.2 Å². The summed E-state index contributed by atoms with van der Waals surface area (Å²) >= 11 is 9.17. The van der Waals surface area contributed by atoms with Crippen molar-refractivity contribution < 1.29 is 9.53 Å². The van der Waals surface area contributed by atoms with E-state index in [1.165, 1.54) is 12.8 Å². The molecule has 0 aliphatic heterocycles. The summed E-state index contributed by atoms with van der Waals surface area (Å²) in [4.78, 5) is 21.5. The van der Waals surface area contributed by atoms with Gasteiger partial charge in [0.1, 0.15) is 16.5 Å². The lowest BCUT2D eigenvalue weighted by atomic mass is 10.1. The van der Waals surface area contributed by atoms with E-state index in [1.807, 2.05) is 78.9 Å². The summed E-state index contributed by atoms with van der Waals surface area (Å²) in [7, 11) is 0. The minimum Gasteiger partial charge on any atom is -0.457 e. The maximum atomic E-state index is 13.8.